The van der Waals surface area contributed by atoms with Gasteiger partial charge in [-0.3, -0.25) is 0 Å². The fraction of sp³-hybridized carbons (Fsp3) is 0.0667. The molecule has 0 fully saturated rings. The van der Waals surface area contributed by atoms with Gasteiger partial charge in [0, 0.05) is 11.9 Å². The molecule has 2 N–H and O–H groups in total. The van der Waals surface area contributed by atoms with Crippen LogP contribution in [0.5, 0.6) is 0 Å². The number of fused-ring (bicyclic) bond motifs is 1. The highest BCUT2D eigenvalue weighted by Crippen LogP contribution is 2.31. The predicted molar refractivity (Wildman–Crippen MR) is 69.5 cm³/mol. The molecule has 3 aromatic rings. The van der Waals surface area contributed by atoms with Gasteiger partial charge in [-0.25, -0.2) is 8.78 Å². The molecule has 0 saturated carbocycles. The third-order valence-corrected chi connectivity index (χ3v) is 3.03. The highest BCUT2D eigenvalue weighted by atomic mass is 19.1. The molecule has 4 heteroatoms. The number of rotatable bonds is 2. The fourth-order valence-corrected chi connectivity index (χ4v) is 2.05. The Labute approximate surface area is 108 Å². The molecule has 0 amide bonds. The van der Waals surface area contributed by atoms with Gasteiger partial charge in [0.2, 0.25) is 0 Å². The number of halogens is 2. The lowest BCUT2D eigenvalue weighted by molar-refractivity contribution is 0.562. The molecular formula is C15H11F2NO. The quantitative estimate of drug-likeness (QED) is 0.759. The van der Waals surface area contributed by atoms with Crippen LogP contribution < -0.4 is 5.73 Å². The minimum Gasteiger partial charge on any atom is -0.453 e. The van der Waals surface area contributed by atoms with E-state index in [0.717, 1.165) is 5.56 Å². The zero-order valence-corrected chi connectivity index (χ0v) is 9.99. The second kappa shape index (κ2) is 4.48. The van der Waals surface area contributed by atoms with Crippen LogP contribution in [0.1, 0.15) is 5.56 Å². The molecule has 0 bridgehead atoms. The first kappa shape index (κ1) is 11.9. The van der Waals surface area contributed by atoms with Crippen molar-refractivity contribution in [2.45, 2.75) is 6.54 Å². The van der Waals surface area contributed by atoms with Crippen molar-refractivity contribution in [2.24, 2.45) is 5.73 Å². The molecule has 1 aromatic heterocycles. The zero-order valence-electron chi connectivity index (χ0n) is 9.99. The number of hydrogen-bond donors (Lipinski definition) is 1. The van der Waals surface area contributed by atoms with Crippen molar-refractivity contribution >= 4 is 11.0 Å². The van der Waals surface area contributed by atoms with Crippen molar-refractivity contribution < 1.29 is 13.2 Å². The zero-order chi connectivity index (χ0) is 13.4. The van der Waals surface area contributed by atoms with Crippen LogP contribution in [0.2, 0.25) is 0 Å². The number of hydrogen-bond acceptors (Lipinski definition) is 2. The van der Waals surface area contributed by atoms with E-state index < -0.39 is 11.6 Å². The maximum atomic E-state index is 13.8. The van der Waals surface area contributed by atoms with Crippen LogP contribution in [0.15, 0.2) is 46.9 Å². The summed E-state index contributed by atoms with van der Waals surface area (Å²) in [5.41, 5.74) is 6.75. The van der Waals surface area contributed by atoms with E-state index in [-0.39, 0.29) is 5.58 Å². The van der Waals surface area contributed by atoms with Gasteiger partial charge < -0.3 is 10.2 Å². The largest absolute Gasteiger partial charge is 0.453 e. The molecule has 0 aliphatic heterocycles. The minimum atomic E-state index is -0.459. The summed E-state index contributed by atoms with van der Waals surface area (Å²) in [5, 5.41) is 0.604. The Balaban J connectivity index is 2.21. The van der Waals surface area contributed by atoms with Gasteiger partial charge in [-0.2, -0.15) is 0 Å². The molecule has 0 spiro atoms. The van der Waals surface area contributed by atoms with Crippen LogP contribution in [0.4, 0.5) is 8.78 Å². The maximum Gasteiger partial charge on any atom is 0.170 e. The van der Waals surface area contributed by atoms with E-state index in [0.29, 0.717) is 23.3 Å². The topological polar surface area (TPSA) is 39.2 Å². The van der Waals surface area contributed by atoms with E-state index in [1.54, 1.807) is 30.3 Å². The van der Waals surface area contributed by atoms with Gasteiger partial charge in [0.05, 0.1) is 5.56 Å². The van der Waals surface area contributed by atoms with E-state index in [1.807, 2.05) is 0 Å². The molecule has 0 aliphatic carbocycles. The maximum absolute atomic E-state index is 13.8. The van der Waals surface area contributed by atoms with Crippen LogP contribution in [-0.2, 0) is 6.54 Å². The molecule has 2 nitrogen and oxygen atoms in total. The molecule has 0 unspecified atom stereocenters. The number of furan rings is 1. The number of benzene rings is 2. The van der Waals surface area contributed by atoms with E-state index >= 15 is 0 Å². The van der Waals surface area contributed by atoms with Crippen molar-refractivity contribution in [2.75, 3.05) is 0 Å². The summed E-state index contributed by atoms with van der Waals surface area (Å²) < 4.78 is 32.8. The Bertz CT molecular complexity index is 749. The SMILES string of the molecule is NCc1ccc(F)c(-c2cc3cccc(F)c3o2)c1. The Morgan fingerprint density at radius 1 is 1.00 bits per heavy atom. The third kappa shape index (κ3) is 2.00. The third-order valence-electron chi connectivity index (χ3n) is 3.03. The average molecular weight is 259 g/mol. The Morgan fingerprint density at radius 2 is 1.84 bits per heavy atom. The molecule has 3 rings (SSSR count). The first-order valence-corrected chi connectivity index (χ1v) is 5.86. The highest BCUT2D eigenvalue weighted by Gasteiger charge is 2.13. The van der Waals surface area contributed by atoms with Gasteiger partial charge in [0.15, 0.2) is 11.4 Å². The Kier molecular flexibility index (Phi) is 2.80. The van der Waals surface area contributed by atoms with Crippen LogP contribution in [0.3, 0.4) is 0 Å². The van der Waals surface area contributed by atoms with Gasteiger partial charge in [-0.05, 0) is 29.8 Å². The van der Waals surface area contributed by atoms with Crippen molar-refractivity contribution in [3.8, 4) is 11.3 Å². The molecule has 0 saturated heterocycles. The van der Waals surface area contributed by atoms with Crippen molar-refractivity contribution in [3.05, 3.63) is 59.7 Å². The van der Waals surface area contributed by atoms with Crippen molar-refractivity contribution in [1.82, 2.24) is 0 Å². The first-order chi connectivity index (χ1) is 9.19. The highest BCUT2D eigenvalue weighted by molar-refractivity contribution is 5.83. The summed E-state index contributed by atoms with van der Waals surface area (Å²) in [4.78, 5) is 0. The molecule has 96 valence electrons. The van der Waals surface area contributed by atoms with Crippen molar-refractivity contribution in [3.63, 3.8) is 0 Å². The predicted octanol–water partition coefficient (Wildman–Crippen LogP) is 3.84. The smallest absolute Gasteiger partial charge is 0.170 e. The van der Waals surface area contributed by atoms with Gasteiger partial charge >= 0.3 is 0 Å². The summed E-state index contributed by atoms with van der Waals surface area (Å²) in [7, 11) is 0. The molecule has 2 aromatic carbocycles. The summed E-state index contributed by atoms with van der Waals surface area (Å²) in [6.45, 7) is 0.307. The minimum absolute atomic E-state index is 0.134. The van der Waals surface area contributed by atoms with E-state index in [9.17, 15) is 8.78 Å². The van der Waals surface area contributed by atoms with E-state index in [4.69, 9.17) is 10.2 Å². The molecule has 0 aliphatic rings. The van der Waals surface area contributed by atoms with Crippen LogP contribution >= 0.6 is 0 Å². The van der Waals surface area contributed by atoms with Gasteiger partial charge in [-0.1, -0.05) is 18.2 Å². The molecule has 1 heterocycles. The number of nitrogens with two attached hydrogens (primary N) is 1. The summed E-state index contributed by atoms with van der Waals surface area (Å²) in [5.74, 6) is -0.580. The number of para-hydroxylation sites is 1. The lowest BCUT2D eigenvalue weighted by Gasteiger charge is -2.02. The lowest BCUT2D eigenvalue weighted by Crippen LogP contribution is -1.97. The molecule has 19 heavy (non-hydrogen) atoms. The fourth-order valence-electron chi connectivity index (χ4n) is 2.05. The lowest BCUT2D eigenvalue weighted by atomic mass is 10.1. The van der Waals surface area contributed by atoms with E-state index in [2.05, 4.69) is 0 Å². The van der Waals surface area contributed by atoms with Gasteiger partial charge in [-0.15, -0.1) is 0 Å². The molecular weight excluding hydrogens is 248 g/mol. The van der Waals surface area contributed by atoms with Crippen LogP contribution in [0, 0.1) is 11.6 Å². The monoisotopic (exact) mass is 259 g/mol. The summed E-state index contributed by atoms with van der Waals surface area (Å²) in [6, 6.07) is 10.8. The summed E-state index contributed by atoms with van der Waals surface area (Å²) >= 11 is 0. The second-order valence-corrected chi connectivity index (χ2v) is 4.29. The normalized spacial score (nSPS) is 11.1. The Hall–Kier alpha value is -2.20. The molecule has 0 radical (unpaired) electrons. The second-order valence-electron chi connectivity index (χ2n) is 4.29. The van der Waals surface area contributed by atoms with Crippen LogP contribution in [0.25, 0.3) is 22.3 Å². The van der Waals surface area contributed by atoms with Gasteiger partial charge in [0.1, 0.15) is 11.6 Å². The van der Waals surface area contributed by atoms with Crippen LogP contribution in [-0.4, -0.2) is 0 Å². The first-order valence-electron chi connectivity index (χ1n) is 5.86. The average Bonchev–Trinajstić information content (AvgIpc) is 2.84. The Morgan fingerprint density at radius 3 is 2.58 bits per heavy atom. The van der Waals surface area contributed by atoms with E-state index in [1.165, 1.54) is 12.1 Å². The summed E-state index contributed by atoms with van der Waals surface area (Å²) in [6.07, 6.45) is 0. The van der Waals surface area contributed by atoms with Crippen molar-refractivity contribution in [1.29, 1.82) is 0 Å². The van der Waals surface area contributed by atoms with Gasteiger partial charge in [0.25, 0.3) is 0 Å². The standard InChI is InChI=1S/C15H11F2NO/c16-12-5-4-9(8-18)6-11(12)14-7-10-2-1-3-13(17)15(10)19-14/h1-7H,8,18H2. The molecule has 0 atom stereocenters.